The number of benzene rings is 1. The molecule has 0 amide bonds. The summed E-state index contributed by atoms with van der Waals surface area (Å²) >= 11 is 0. The van der Waals surface area contributed by atoms with E-state index < -0.39 is 0 Å². The number of hydrogen-bond donors (Lipinski definition) is 1. The summed E-state index contributed by atoms with van der Waals surface area (Å²) in [5, 5.41) is 8.79. The molecule has 1 unspecified atom stereocenters. The van der Waals surface area contributed by atoms with Gasteiger partial charge in [0, 0.05) is 6.61 Å². The van der Waals surface area contributed by atoms with E-state index in [0.29, 0.717) is 6.61 Å². The molecule has 0 aliphatic carbocycles. The fraction of sp³-hybridized carbons (Fsp3) is 0.562. The van der Waals surface area contributed by atoms with E-state index >= 15 is 0 Å². The molecule has 1 aromatic rings. The van der Waals surface area contributed by atoms with Crippen LogP contribution < -0.4 is 0 Å². The summed E-state index contributed by atoms with van der Waals surface area (Å²) in [5.41, 5.74) is 0.954. The van der Waals surface area contributed by atoms with Gasteiger partial charge in [0.2, 0.25) is 0 Å². The highest BCUT2D eigenvalue weighted by atomic mass is 16.5. The van der Waals surface area contributed by atoms with Gasteiger partial charge in [-0.25, -0.2) is 4.79 Å². The van der Waals surface area contributed by atoms with Crippen molar-refractivity contribution in [2.45, 2.75) is 32.2 Å². The Balaban J connectivity index is 2.69. The van der Waals surface area contributed by atoms with E-state index in [9.17, 15) is 4.79 Å². The minimum atomic E-state index is -0.356. The van der Waals surface area contributed by atoms with E-state index in [1.54, 1.807) is 0 Å². The van der Waals surface area contributed by atoms with Gasteiger partial charge in [0.25, 0.3) is 0 Å². The van der Waals surface area contributed by atoms with E-state index in [-0.39, 0.29) is 18.6 Å². The van der Waals surface area contributed by atoms with Crippen LogP contribution in [0.25, 0.3) is 0 Å². The SMILES string of the molecule is CCOC(=O)C(c1ccccc1)N(C)CCCCCO. The topological polar surface area (TPSA) is 49.8 Å². The Morgan fingerprint density at radius 1 is 1.25 bits per heavy atom. The number of likely N-dealkylation sites (N-methyl/N-ethyl adjacent to an activating group) is 1. The van der Waals surface area contributed by atoms with Crippen LogP contribution in [0.1, 0.15) is 37.8 Å². The number of carbonyl (C=O) groups is 1. The summed E-state index contributed by atoms with van der Waals surface area (Å²) in [6.07, 6.45) is 2.73. The van der Waals surface area contributed by atoms with Crippen LogP contribution in [0.4, 0.5) is 0 Å². The van der Waals surface area contributed by atoms with Gasteiger partial charge in [-0.15, -0.1) is 0 Å². The van der Waals surface area contributed by atoms with Crippen molar-refractivity contribution >= 4 is 5.97 Å². The van der Waals surface area contributed by atoms with Gasteiger partial charge >= 0.3 is 5.97 Å². The zero-order valence-corrected chi connectivity index (χ0v) is 12.4. The Hall–Kier alpha value is -1.39. The van der Waals surface area contributed by atoms with Gasteiger partial charge < -0.3 is 9.84 Å². The number of aliphatic hydroxyl groups excluding tert-OH is 1. The quantitative estimate of drug-likeness (QED) is 0.557. The zero-order valence-electron chi connectivity index (χ0n) is 12.4. The van der Waals surface area contributed by atoms with Gasteiger partial charge in [-0.05, 0) is 45.3 Å². The van der Waals surface area contributed by atoms with Crippen molar-refractivity contribution in [3.8, 4) is 0 Å². The van der Waals surface area contributed by atoms with Crippen molar-refractivity contribution in [1.82, 2.24) is 4.90 Å². The molecule has 1 N–H and O–H groups in total. The normalized spacial score (nSPS) is 12.4. The van der Waals surface area contributed by atoms with Crippen molar-refractivity contribution in [2.24, 2.45) is 0 Å². The second kappa shape index (κ2) is 9.50. The first-order valence-corrected chi connectivity index (χ1v) is 7.23. The first kappa shape index (κ1) is 16.7. The fourth-order valence-corrected chi connectivity index (χ4v) is 2.21. The third-order valence-corrected chi connectivity index (χ3v) is 3.23. The van der Waals surface area contributed by atoms with Crippen LogP contribution in [0.5, 0.6) is 0 Å². The molecule has 0 saturated carbocycles. The minimum absolute atomic E-state index is 0.205. The standard InChI is InChI=1S/C16H25NO3/c1-3-20-16(19)15(14-10-6-4-7-11-14)17(2)12-8-5-9-13-18/h4,6-7,10-11,15,18H,3,5,8-9,12-13H2,1-2H3. The molecule has 0 spiro atoms. The molecular weight excluding hydrogens is 254 g/mol. The van der Waals surface area contributed by atoms with Crippen molar-refractivity contribution in [1.29, 1.82) is 0 Å². The van der Waals surface area contributed by atoms with Gasteiger partial charge in [0.1, 0.15) is 6.04 Å². The number of nitrogens with zero attached hydrogens (tertiary/aromatic N) is 1. The molecule has 4 nitrogen and oxygen atoms in total. The number of unbranched alkanes of at least 4 members (excludes halogenated alkanes) is 2. The monoisotopic (exact) mass is 279 g/mol. The number of carbonyl (C=O) groups excluding carboxylic acids is 1. The van der Waals surface area contributed by atoms with Gasteiger partial charge in [0.05, 0.1) is 6.61 Å². The number of ether oxygens (including phenoxy) is 1. The van der Waals surface area contributed by atoms with Crippen LogP contribution in [0, 0.1) is 0 Å². The third kappa shape index (κ3) is 5.31. The van der Waals surface area contributed by atoms with Crippen molar-refractivity contribution in [2.75, 3.05) is 26.8 Å². The third-order valence-electron chi connectivity index (χ3n) is 3.23. The second-order valence-electron chi connectivity index (χ2n) is 4.83. The molecule has 0 aliphatic rings. The predicted molar refractivity (Wildman–Crippen MR) is 79.4 cm³/mol. The lowest BCUT2D eigenvalue weighted by Gasteiger charge is -2.26. The summed E-state index contributed by atoms with van der Waals surface area (Å²) in [5.74, 6) is -0.205. The molecular formula is C16H25NO3. The highest BCUT2D eigenvalue weighted by Gasteiger charge is 2.25. The van der Waals surface area contributed by atoms with Crippen LogP contribution >= 0.6 is 0 Å². The Labute approximate surface area is 121 Å². The summed E-state index contributed by atoms with van der Waals surface area (Å²) in [6, 6.07) is 9.35. The first-order chi connectivity index (χ1) is 9.70. The maximum atomic E-state index is 12.2. The molecule has 0 fully saturated rings. The Morgan fingerprint density at radius 2 is 1.95 bits per heavy atom. The molecule has 1 aromatic carbocycles. The molecule has 4 heteroatoms. The summed E-state index contributed by atoms with van der Waals surface area (Å²) in [6.45, 7) is 3.24. The van der Waals surface area contributed by atoms with E-state index in [1.807, 2.05) is 49.2 Å². The Morgan fingerprint density at radius 3 is 2.55 bits per heavy atom. The maximum absolute atomic E-state index is 12.2. The number of hydrogen-bond acceptors (Lipinski definition) is 4. The second-order valence-corrected chi connectivity index (χ2v) is 4.83. The molecule has 1 rings (SSSR count). The van der Waals surface area contributed by atoms with Crippen LogP contribution in [0.3, 0.4) is 0 Å². The van der Waals surface area contributed by atoms with E-state index in [0.717, 1.165) is 31.4 Å². The fourth-order valence-electron chi connectivity index (χ4n) is 2.21. The maximum Gasteiger partial charge on any atom is 0.327 e. The highest BCUT2D eigenvalue weighted by Crippen LogP contribution is 2.21. The first-order valence-electron chi connectivity index (χ1n) is 7.23. The lowest BCUT2D eigenvalue weighted by molar-refractivity contribution is -0.149. The summed E-state index contributed by atoms with van der Waals surface area (Å²) < 4.78 is 5.19. The van der Waals surface area contributed by atoms with Crippen LogP contribution in [-0.4, -0.2) is 42.8 Å². The highest BCUT2D eigenvalue weighted by molar-refractivity contribution is 5.77. The molecule has 0 heterocycles. The molecule has 0 aliphatic heterocycles. The Kier molecular flexibility index (Phi) is 7.92. The van der Waals surface area contributed by atoms with Crippen molar-refractivity contribution < 1.29 is 14.6 Å². The molecule has 20 heavy (non-hydrogen) atoms. The van der Waals surface area contributed by atoms with E-state index in [4.69, 9.17) is 9.84 Å². The van der Waals surface area contributed by atoms with E-state index in [2.05, 4.69) is 0 Å². The molecule has 112 valence electrons. The average Bonchev–Trinajstić information content (AvgIpc) is 2.45. The average molecular weight is 279 g/mol. The van der Waals surface area contributed by atoms with Gasteiger partial charge in [0.15, 0.2) is 0 Å². The van der Waals surface area contributed by atoms with E-state index in [1.165, 1.54) is 0 Å². The number of esters is 1. The van der Waals surface area contributed by atoms with Crippen molar-refractivity contribution in [3.63, 3.8) is 0 Å². The lowest BCUT2D eigenvalue weighted by Crippen LogP contribution is -2.33. The van der Waals surface area contributed by atoms with Crippen LogP contribution in [-0.2, 0) is 9.53 Å². The number of aliphatic hydroxyl groups is 1. The van der Waals surface area contributed by atoms with Gasteiger partial charge in [-0.1, -0.05) is 30.3 Å². The lowest BCUT2D eigenvalue weighted by atomic mass is 10.1. The molecule has 0 aromatic heterocycles. The summed E-state index contributed by atoms with van der Waals surface area (Å²) in [4.78, 5) is 14.2. The van der Waals surface area contributed by atoms with Crippen molar-refractivity contribution in [3.05, 3.63) is 35.9 Å². The molecule has 1 atom stereocenters. The molecule has 0 saturated heterocycles. The van der Waals surface area contributed by atoms with Gasteiger partial charge in [-0.3, -0.25) is 4.90 Å². The Bertz CT molecular complexity index is 381. The zero-order chi connectivity index (χ0) is 14.8. The summed E-state index contributed by atoms with van der Waals surface area (Å²) in [7, 11) is 1.94. The van der Waals surface area contributed by atoms with Crippen LogP contribution in [0.15, 0.2) is 30.3 Å². The minimum Gasteiger partial charge on any atom is -0.465 e. The largest absolute Gasteiger partial charge is 0.465 e. The smallest absolute Gasteiger partial charge is 0.327 e. The van der Waals surface area contributed by atoms with Gasteiger partial charge in [-0.2, -0.15) is 0 Å². The molecule has 0 bridgehead atoms. The van der Waals surface area contributed by atoms with Crippen LogP contribution in [0.2, 0.25) is 0 Å². The predicted octanol–water partition coefficient (Wildman–Crippen LogP) is 2.39. The molecule has 0 radical (unpaired) electrons. The number of rotatable bonds is 9.